The van der Waals surface area contributed by atoms with Crippen molar-refractivity contribution in [2.75, 3.05) is 0 Å². The normalized spacial score (nSPS) is 11.1. The first-order valence-corrected chi connectivity index (χ1v) is 7.38. The molecule has 0 atom stereocenters. The van der Waals surface area contributed by atoms with Crippen molar-refractivity contribution in [1.29, 1.82) is 5.26 Å². The molecule has 0 aromatic heterocycles. The van der Waals surface area contributed by atoms with Crippen molar-refractivity contribution < 1.29 is 8.42 Å². The Kier molecular flexibility index (Phi) is 3.77. The third kappa shape index (κ3) is 2.51. The topological polar surface area (TPSA) is 57.9 Å². The van der Waals surface area contributed by atoms with Gasteiger partial charge in [-0.05, 0) is 24.1 Å². The minimum atomic E-state index is -3.86. The summed E-state index contributed by atoms with van der Waals surface area (Å²) in [5.74, 6) is 0. The Hall–Kier alpha value is -0.570. The van der Waals surface area contributed by atoms with Crippen molar-refractivity contribution >= 4 is 35.7 Å². The zero-order valence-electron chi connectivity index (χ0n) is 7.79. The lowest BCUT2D eigenvalue weighted by Crippen LogP contribution is -2.00. The van der Waals surface area contributed by atoms with Crippen molar-refractivity contribution in [2.24, 2.45) is 0 Å². The van der Waals surface area contributed by atoms with Crippen LogP contribution in [0.5, 0.6) is 0 Å². The van der Waals surface area contributed by atoms with Crippen molar-refractivity contribution in [1.82, 2.24) is 0 Å². The number of alkyl halides is 1. The van der Waals surface area contributed by atoms with E-state index in [1.54, 1.807) is 13.0 Å². The van der Waals surface area contributed by atoms with Gasteiger partial charge in [0.15, 0.2) is 0 Å². The minimum Gasteiger partial charge on any atom is -0.207 e. The second kappa shape index (κ2) is 4.52. The maximum absolute atomic E-state index is 11.2. The summed E-state index contributed by atoms with van der Waals surface area (Å²) in [4.78, 5) is -0.131. The zero-order valence-corrected chi connectivity index (χ0v) is 10.9. The van der Waals surface area contributed by atoms with Crippen LogP contribution in [0.4, 0.5) is 0 Å². The van der Waals surface area contributed by atoms with Gasteiger partial charge in [-0.15, -0.1) is 0 Å². The van der Waals surface area contributed by atoms with Crippen LogP contribution in [0.25, 0.3) is 0 Å². The molecular weight excluding hydrogens is 302 g/mol. The van der Waals surface area contributed by atoms with E-state index in [0.29, 0.717) is 10.9 Å². The van der Waals surface area contributed by atoms with Crippen LogP contribution in [-0.2, 0) is 14.4 Å². The molecule has 0 heterocycles. The van der Waals surface area contributed by atoms with E-state index in [0.717, 1.165) is 5.56 Å². The molecule has 6 heteroatoms. The molecule has 0 aliphatic carbocycles. The monoisotopic (exact) mass is 307 g/mol. The fraction of sp³-hybridized carbons (Fsp3) is 0.222. The maximum atomic E-state index is 11.2. The second-order valence-corrected chi connectivity index (χ2v) is 6.00. The van der Waals surface area contributed by atoms with Gasteiger partial charge in [0.1, 0.15) is 11.0 Å². The van der Waals surface area contributed by atoms with Gasteiger partial charge in [-0.25, -0.2) is 8.42 Å². The average molecular weight is 309 g/mol. The number of nitrogens with zero attached hydrogens (tertiary/aromatic N) is 1. The van der Waals surface area contributed by atoms with Crippen molar-refractivity contribution in [3.63, 3.8) is 0 Å². The van der Waals surface area contributed by atoms with Crippen LogP contribution >= 0.6 is 26.6 Å². The molecule has 1 rings (SSSR count). The van der Waals surface area contributed by atoms with Crippen LogP contribution in [0.1, 0.15) is 16.7 Å². The van der Waals surface area contributed by atoms with Crippen LogP contribution in [0, 0.1) is 18.3 Å². The molecule has 3 nitrogen and oxygen atoms in total. The average Bonchev–Trinajstić information content (AvgIpc) is 2.15. The Bertz CT molecular complexity index is 534. The van der Waals surface area contributed by atoms with Crippen LogP contribution in [0.15, 0.2) is 17.0 Å². The summed E-state index contributed by atoms with van der Waals surface area (Å²) in [6, 6.07) is 4.85. The molecule has 0 saturated carbocycles. The Morgan fingerprint density at radius 2 is 2.13 bits per heavy atom. The van der Waals surface area contributed by atoms with E-state index in [-0.39, 0.29) is 10.5 Å². The summed E-state index contributed by atoms with van der Waals surface area (Å²) in [5.41, 5.74) is 1.62. The maximum Gasteiger partial charge on any atom is 0.262 e. The number of nitriles is 1. The van der Waals surface area contributed by atoms with Gasteiger partial charge in [0.05, 0.1) is 5.56 Å². The van der Waals surface area contributed by atoms with Crippen LogP contribution in [-0.4, -0.2) is 8.42 Å². The van der Waals surface area contributed by atoms with Crippen LogP contribution in [0.2, 0.25) is 0 Å². The van der Waals surface area contributed by atoms with E-state index < -0.39 is 9.05 Å². The molecule has 80 valence electrons. The smallest absolute Gasteiger partial charge is 0.207 e. The van der Waals surface area contributed by atoms with Gasteiger partial charge in [-0.2, -0.15) is 5.26 Å². The van der Waals surface area contributed by atoms with Gasteiger partial charge in [-0.1, -0.05) is 22.0 Å². The van der Waals surface area contributed by atoms with Gasteiger partial charge in [0, 0.05) is 16.0 Å². The predicted octanol–water partition coefficient (Wildman–Crippen LogP) is 2.69. The first-order chi connectivity index (χ1) is 6.91. The zero-order chi connectivity index (χ0) is 11.6. The molecule has 0 saturated heterocycles. The molecule has 15 heavy (non-hydrogen) atoms. The second-order valence-electron chi connectivity index (χ2n) is 2.91. The van der Waals surface area contributed by atoms with Crippen LogP contribution in [0.3, 0.4) is 0 Å². The van der Waals surface area contributed by atoms with Crippen molar-refractivity contribution in [3.8, 4) is 6.07 Å². The quantitative estimate of drug-likeness (QED) is 0.623. The van der Waals surface area contributed by atoms with E-state index in [9.17, 15) is 8.42 Å². The standard InChI is InChI=1S/C9H7BrClNO2S/c1-6-7(4-10)2-3-9(8(6)5-12)15(11,13)14/h2-3H,4H2,1H3. The Morgan fingerprint density at radius 1 is 1.53 bits per heavy atom. The van der Waals surface area contributed by atoms with E-state index in [1.165, 1.54) is 6.07 Å². The fourth-order valence-corrected chi connectivity index (χ4v) is 2.88. The van der Waals surface area contributed by atoms with Crippen molar-refractivity contribution in [3.05, 3.63) is 28.8 Å². The molecule has 0 radical (unpaired) electrons. The number of hydrogen-bond acceptors (Lipinski definition) is 3. The molecule has 1 aromatic rings. The molecule has 0 bridgehead atoms. The van der Waals surface area contributed by atoms with E-state index in [2.05, 4.69) is 15.9 Å². The number of benzene rings is 1. The first kappa shape index (κ1) is 12.5. The summed E-state index contributed by atoms with van der Waals surface area (Å²) in [6.45, 7) is 1.70. The lowest BCUT2D eigenvalue weighted by atomic mass is 10.0. The van der Waals surface area contributed by atoms with Gasteiger partial charge in [-0.3, -0.25) is 0 Å². The molecule has 0 fully saturated rings. The summed E-state index contributed by atoms with van der Waals surface area (Å²) < 4.78 is 22.3. The third-order valence-electron chi connectivity index (χ3n) is 2.06. The number of rotatable bonds is 2. The van der Waals surface area contributed by atoms with Gasteiger partial charge < -0.3 is 0 Å². The molecule has 0 aliphatic rings. The van der Waals surface area contributed by atoms with E-state index >= 15 is 0 Å². The summed E-state index contributed by atoms with van der Waals surface area (Å²) in [6.07, 6.45) is 0. The number of halogens is 2. The number of hydrogen-bond donors (Lipinski definition) is 0. The van der Waals surface area contributed by atoms with Crippen LogP contribution < -0.4 is 0 Å². The molecule has 0 N–H and O–H groups in total. The van der Waals surface area contributed by atoms with Crippen molar-refractivity contribution in [2.45, 2.75) is 17.1 Å². The molecule has 0 unspecified atom stereocenters. The predicted molar refractivity (Wildman–Crippen MR) is 61.6 cm³/mol. The molecular formula is C9H7BrClNO2S. The first-order valence-electron chi connectivity index (χ1n) is 3.95. The highest BCUT2D eigenvalue weighted by atomic mass is 79.9. The fourth-order valence-electron chi connectivity index (χ4n) is 1.22. The molecule has 1 aromatic carbocycles. The minimum absolute atomic E-state index is 0.113. The van der Waals surface area contributed by atoms with E-state index in [1.807, 2.05) is 6.07 Å². The highest BCUT2D eigenvalue weighted by molar-refractivity contribution is 9.08. The molecule has 0 amide bonds. The highest BCUT2D eigenvalue weighted by Crippen LogP contribution is 2.25. The SMILES string of the molecule is Cc1c(CBr)ccc(S(=O)(=O)Cl)c1C#N. The Morgan fingerprint density at radius 3 is 2.53 bits per heavy atom. The summed E-state index contributed by atoms with van der Waals surface area (Å²) >= 11 is 3.25. The molecule has 0 spiro atoms. The van der Waals surface area contributed by atoms with E-state index in [4.69, 9.17) is 15.9 Å². The third-order valence-corrected chi connectivity index (χ3v) is 4.03. The highest BCUT2D eigenvalue weighted by Gasteiger charge is 2.18. The van der Waals surface area contributed by atoms with Gasteiger partial charge >= 0.3 is 0 Å². The molecule has 0 aliphatic heterocycles. The Balaban J connectivity index is 3.61. The Labute approximate surface area is 101 Å². The van der Waals surface area contributed by atoms with Gasteiger partial charge in [0.2, 0.25) is 0 Å². The van der Waals surface area contributed by atoms with Gasteiger partial charge in [0.25, 0.3) is 9.05 Å². The summed E-state index contributed by atoms with van der Waals surface area (Å²) in [7, 11) is 1.36. The lowest BCUT2D eigenvalue weighted by Gasteiger charge is -2.07. The summed E-state index contributed by atoms with van der Waals surface area (Å²) in [5, 5.41) is 9.46. The largest absolute Gasteiger partial charge is 0.262 e. The lowest BCUT2D eigenvalue weighted by molar-refractivity contribution is 0.609.